The number of H-pyrrole nitrogens is 1. The molecule has 27 heavy (non-hydrogen) atoms. The first kappa shape index (κ1) is 17.3. The van der Waals surface area contributed by atoms with Crippen LogP contribution in [0, 0.1) is 5.92 Å². The van der Waals surface area contributed by atoms with Gasteiger partial charge in [-0.15, -0.1) is 0 Å². The SMILES string of the molecule is COc1ccc(-c2[nH]ncc2C(=O)N2CCn3ccnc3C2C(C)C)cc1. The van der Waals surface area contributed by atoms with Crippen LogP contribution in [0.5, 0.6) is 5.75 Å². The summed E-state index contributed by atoms with van der Waals surface area (Å²) < 4.78 is 7.35. The number of imidazole rings is 1. The molecule has 0 aliphatic carbocycles. The number of nitrogens with one attached hydrogen (secondary N) is 1. The minimum absolute atomic E-state index is 0.0254. The number of fused-ring (bicyclic) bond motifs is 1. The van der Waals surface area contributed by atoms with Crippen molar-refractivity contribution in [1.29, 1.82) is 0 Å². The number of benzene rings is 1. The van der Waals surface area contributed by atoms with Crippen molar-refractivity contribution in [3.63, 3.8) is 0 Å². The molecule has 7 heteroatoms. The second kappa shape index (κ2) is 6.90. The Labute approximate surface area is 158 Å². The van der Waals surface area contributed by atoms with Gasteiger partial charge in [0, 0.05) is 31.0 Å². The maximum Gasteiger partial charge on any atom is 0.258 e. The largest absolute Gasteiger partial charge is 0.497 e. The molecule has 1 amide bonds. The van der Waals surface area contributed by atoms with Gasteiger partial charge in [0.2, 0.25) is 0 Å². The lowest BCUT2D eigenvalue weighted by molar-refractivity contribution is 0.0547. The third kappa shape index (κ3) is 2.99. The van der Waals surface area contributed by atoms with Gasteiger partial charge in [0.25, 0.3) is 5.91 Å². The summed E-state index contributed by atoms with van der Waals surface area (Å²) >= 11 is 0. The van der Waals surface area contributed by atoms with Crippen molar-refractivity contribution in [2.24, 2.45) is 5.92 Å². The zero-order chi connectivity index (χ0) is 19.0. The summed E-state index contributed by atoms with van der Waals surface area (Å²) in [6.45, 7) is 5.64. The number of hydrogen-bond donors (Lipinski definition) is 1. The quantitative estimate of drug-likeness (QED) is 0.771. The van der Waals surface area contributed by atoms with Gasteiger partial charge in [-0.05, 0) is 30.2 Å². The minimum atomic E-state index is -0.0557. The molecule has 1 N–H and O–H groups in total. The lowest BCUT2D eigenvalue weighted by Crippen LogP contribution is -2.44. The second-order valence-corrected chi connectivity index (χ2v) is 7.05. The van der Waals surface area contributed by atoms with Crippen molar-refractivity contribution in [2.75, 3.05) is 13.7 Å². The third-order valence-corrected chi connectivity index (χ3v) is 5.07. The standard InChI is InChI=1S/C20H23N5O2/c1-13(2)18-19-21-8-9-24(19)10-11-25(18)20(26)16-12-22-23-17(16)14-4-6-15(27-3)7-5-14/h4-9,12-13,18H,10-11H2,1-3H3,(H,22,23). The summed E-state index contributed by atoms with van der Waals surface area (Å²) in [5.41, 5.74) is 2.20. The molecule has 4 rings (SSSR count). The molecule has 0 spiro atoms. The minimum Gasteiger partial charge on any atom is -0.497 e. The van der Waals surface area contributed by atoms with E-state index in [9.17, 15) is 4.79 Å². The Morgan fingerprint density at radius 2 is 2.04 bits per heavy atom. The Morgan fingerprint density at radius 3 is 2.74 bits per heavy atom. The zero-order valence-electron chi connectivity index (χ0n) is 15.7. The van der Waals surface area contributed by atoms with Crippen molar-refractivity contribution in [1.82, 2.24) is 24.6 Å². The van der Waals surface area contributed by atoms with Gasteiger partial charge in [0.15, 0.2) is 0 Å². The Kier molecular flexibility index (Phi) is 4.43. The fourth-order valence-corrected chi connectivity index (χ4v) is 3.74. The molecular formula is C20H23N5O2. The molecule has 0 radical (unpaired) electrons. The number of amides is 1. The average Bonchev–Trinajstić information content (AvgIpc) is 3.35. The topological polar surface area (TPSA) is 76.0 Å². The van der Waals surface area contributed by atoms with Gasteiger partial charge >= 0.3 is 0 Å². The van der Waals surface area contributed by atoms with E-state index in [1.54, 1.807) is 19.5 Å². The molecule has 1 aliphatic heterocycles. The van der Waals surface area contributed by atoms with Crippen LogP contribution in [-0.4, -0.2) is 44.2 Å². The highest BCUT2D eigenvalue weighted by Gasteiger charge is 2.35. The van der Waals surface area contributed by atoms with Crippen LogP contribution in [0.1, 0.15) is 36.1 Å². The Morgan fingerprint density at radius 1 is 1.26 bits per heavy atom. The molecule has 140 valence electrons. The fourth-order valence-electron chi connectivity index (χ4n) is 3.74. The number of nitrogens with zero attached hydrogens (tertiary/aromatic N) is 4. The molecule has 0 saturated carbocycles. The second-order valence-electron chi connectivity index (χ2n) is 7.05. The van der Waals surface area contributed by atoms with Crippen LogP contribution in [0.25, 0.3) is 11.3 Å². The number of hydrogen-bond acceptors (Lipinski definition) is 4. The average molecular weight is 365 g/mol. The lowest BCUT2D eigenvalue weighted by Gasteiger charge is -2.38. The zero-order valence-corrected chi connectivity index (χ0v) is 15.7. The molecular weight excluding hydrogens is 342 g/mol. The van der Waals surface area contributed by atoms with E-state index in [1.807, 2.05) is 35.4 Å². The van der Waals surface area contributed by atoms with Crippen LogP contribution in [0.4, 0.5) is 0 Å². The van der Waals surface area contributed by atoms with Gasteiger partial charge in [-0.1, -0.05) is 13.8 Å². The molecule has 0 fully saturated rings. The van der Waals surface area contributed by atoms with Gasteiger partial charge in [-0.25, -0.2) is 4.98 Å². The lowest BCUT2D eigenvalue weighted by atomic mass is 9.98. The van der Waals surface area contributed by atoms with E-state index in [0.717, 1.165) is 29.4 Å². The van der Waals surface area contributed by atoms with E-state index in [1.165, 1.54) is 0 Å². The highest BCUT2D eigenvalue weighted by Crippen LogP contribution is 2.33. The molecule has 3 aromatic rings. The summed E-state index contributed by atoms with van der Waals surface area (Å²) in [6, 6.07) is 7.54. The molecule has 0 saturated heterocycles. The van der Waals surface area contributed by atoms with Gasteiger partial charge in [-0.3, -0.25) is 9.89 Å². The number of carbonyl (C=O) groups excluding carboxylic acids is 1. The number of methoxy groups -OCH3 is 1. The molecule has 0 bridgehead atoms. The number of aromatic nitrogens is 4. The highest BCUT2D eigenvalue weighted by molar-refractivity contribution is 6.00. The van der Waals surface area contributed by atoms with E-state index in [0.29, 0.717) is 12.1 Å². The van der Waals surface area contributed by atoms with Gasteiger partial charge in [0.05, 0.1) is 30.6 Å². The summed E-state index contributed by atoms with van der Waals surface area (Å²) in [5, 5.41) is 7.12. The molecule has 1 aliphatic rings. The molecule has 3 heterocycles. The van der Waals surface area contributed by atoms with Crippen LogP contribution >= 0.6 is 0 Å². The Hall–Kier alpha value is -3.09. The van der Waals surface area contributed by atoms with E-state index in [-0.39, 0.29) is 17.9 Å². The van der Waals surface area contributed by atoms with Crippen LogP contribution in [0.15, 0.2) is 42.9 Å². The smallest absolute Gasteiger partial charge is 0.258 e. The predicted molar refractivity (Wildman–Crippen MR) is 101 cm³/mol. The van der Waals surface area contributed by atoms with Gasteiger partial charge in [0.1, 0.15) is 11.6 Å². The maximum atomic E-state index is 13.4. The summed E-state index contributed by atoms with van der Waals surface area (Å²) in [5.74, 6) is 1.95. The molecule has 1 aromatic carbocycles. The van der Waals surface area contributed by atoms with Crippen LogP contribution in [0.3, 0.4) is 0 Å². The highest BCUT2D eigenvalue weighted by atomic mass is 16.5. The van der Waals surface area contributed by atoms with Crippen molar-refractivity contribution in [3.05, 3.63) is 54.2 Å². The predicted octanol–water partition coefficient (Wildman–Crippen LogP) is 3.13. The van der Waals surface area contributed by atoms with Gasteiger partial charge < -0.3 is 14.2 Å². The van der Waals surface area contributed by atoms with E-state index < -0.39 is 0 Å². The Bertz CT molecular complexity index is 941. The van der Waals surface area contributed by atoms with Crippen molar-refractivity contribution >= 4 is 5.91 Å². The summed E-state index contributed by atoms with van der Waals surface area (Å²) in [6.07, 6.45) is 5.40. The Balaban J connectivity index is 1.68. The van der Waals surface area contributed by atoms with E-state index in [2.05, 4.69) is 33.6 Å². The third-order valence-electron chi connectivity index (χ3n) is 5.07. The number of carbonyl (C=O) groups is 1. The molecule has 1 atom stereocenters. The molecule has 1 unspecified atom stereocenters. The van der Waals surface area contributed by atoms with E-state index in [4.69, 9.17) is 4.74 Å². The number of aromatic amines is 1. The van der Waals surface area contributed by atoms with Crippen LogP contribution < -0.4 is 4.74 Å². The molecule has 2 aromatic heterocycles. The monoisotopic (exact) mass is 365 g/mol. The van der Waals surface area contributed by atoms with Crippen molar-refractivity contribution in [2.45, 2.75) is 26.4 Å². The van der Waals surface area contributed by atoms with Crippen LogP contribution in [0.2, 0.25) is 0 Å². The van der Waals surface area contributed by atoms with E-state index >= 15 is 0 Å². The van der Waals surface area contributed by atoms with Crippen LogP contribution in [-0.2, 0) is 6.54 Å². The number of ether oxygens (including phenoxy) is 1. The van der Waals surface area contributed by atoms with Crippen molar-refractivity contribution < 1.29 is 9.53 Å². The van der Waals surface area contributed by atoms with Crippen molar-refractivity contribution in [3.8, 4) is 17.0 Å². The molecule has 7 nitrogen and oxygen atoms in total. The normalized spacial score (nSPS) is 16.4. The first-order valence-electron chi connectivity index (χ1n) is 9.10. The summed E-state index contributed by atoms with van der Waals surface area (Å²) in [4.78, 5) is 19.9. The summed E-state index contributed by atoms with van der Waals surface area (Å²) in [7, 11) is 1.63. The fraction of sp³-hybridized carbons (Fsp3) is 0.350. The maximum absolute atomic E-state index is 13.4. The first-order chi connectivity index (χ1) is 13.1. The first-order valence-corrected chi connectivity index (χ1v) is 9.10. The van der Waals surface area contributed by atoms with Gasteiger partial charge in [-0.2, -0.15) is 5.10 Å². The number of rotatable bonds is 4.